The van der Waals surface area contributed by atoms with Crippen LogP contribution in [0.5, 0.6) is 0 Å². The molecule has 82 valence electrons. The molecule has 0 aliphatic carbocycles. The van der Waals surface area contributed by atoms with Gasteiger partial charge in [0.15, 0.2) is 0 Å². The highest BCUT2D eigenvalue weighted by atomic mass is 16.5. The van der Waals surface area contributed by atoms with Gasteiger partial charge in [0.2, 0.25) is 0 Å². The van der Waals surface area contributed by atoms with Crippen molar-refractivity contribution in [2.45, 2.75) is 51.0 Å². The number of ether oxygens (including phenoxy) is 1. The van der Waals surface area contributed by atoms with Gasteiger partial charge in [-0.15, -0.1) is 0 Å². The molecule has 0 aromatic rings. The zero-order valence-electron chi connectivity index (χ0n) is 9.35. The molecule has 0 amide bonds. The average molecular weight is 197 g/mol. The van der Waals surface area contributed by atoms with Crippen LogP contribution in [0.3, 0.4) is 0 Å². The monoisotopic (exact) mass is 197 g/mol. The summed E-state index contributed by atoms with van der Waals surface area (Å²) < 4.78 is 5.40. The maximum atomic E-state index is 5.40. The predicted octanol–water partition coefficient (Wildman–Crippen LogP) is 2.34. The molecule has 2 saturated heterocycles. The van der Waals surface area contributed by atoms with E-state index in [2.05, 4.69) is 12.2 Å². The van der Waals surface area contributed by atoms with Crippen LogP contribution in [0.15, 0.2) is 0 Å². The van der Waals surface area contributed by atoms with Gasteiger partial charge in [-0.25, -0.2) is 0 Å². The minimum absolute atomic E-state index is 0.431. The number of rotatable bonds is 2. The first-order chi connectivity index (χ1) is 6.79. The lowest BCUT2D eigenvalue weighted by Crippen LogP contribution is -2.47. The van der Waals surface area contributed by atoms with Crippen molar-refractivity contribution in [1.29, 1.82) is 0 Å². The number of nitrogens with one attached hydrogen (secondary N) is 1. The molecule has 2 rings (SSSR count). The highest BCUT2D eigenvalue weighted by molar-refractivity contribution is 4.88. The summed E-state index contributed by atoms with van der Waals surface area (Å²) in [5.41, 5.74) is 0.431. The smallest absolute Gasteiger partial charge is 0.0468 e. The van der Waals surface area contributed by atoms with E-state index in [-0.39, 0.29) is 0 Å². The van der Waals surface area contributed by atoms with E-state index in [1.165, 1.54) is 45.1 Å². The van der Waals surface area contributed by atoms with Crippen LogP contribution >= 0.6 is 0 Å². The van der Waals surface area contributed by atoms with Gasteiger partial charge < -0.3 is 10.1 Å². The molecule has 1 N–H and O–H groups in total. The minimum Gasteiger partial charge on any atom is -0.381 e. The molecular weight excluding hydrogens is 174 g/mol. The number of piperidine rings is 1. The van der Waals surface area contributed by atoms with Crippen molar-refractivity contribution < 1.29 is 4.74 Å². The SMILES string of the molecule is CC1(CC2CCOCC2)CCCCN1. The molecule has 14 heavy (non-hydrogen) atoms. The Morgan fingerprint density at radius 1 is 1.29 bits per heavy atom. The van der Waals surface area contributed by atoms with Crippen LogP contribution in [-0.4, -0.2) is 25.3 Å². The van der Waals surface area contributed by atoms with Crippen LogP contribution in [-0.2, 0) is 4.74 Å². The molecule has 2 aliphatic heterocycles. The molecular formula is C12H23NO. The van der Waals surface area contributed by atoms with Crippen molar-refractivity contribution in [2.24, 2.45) is 5.92 Å². The molecule has 0 saturated carbocycles. The zero-order valence-corrected chi connectivity index (χ0v) is 9.35. The van der Waals surface area contributed by atoms with Gasteiger partial charge in [-0.2, -0.15) is 0 Å². The third-order valence-electron chi connectivity index (χ3n) is 3.79. The lowest BCUT2D eigenvalue weighted by molar-refractivity contribution is 0.0516. The molecule has 0 aromatic carbocycles. The van der Waals surface area contributed by atoms with Crippen molar-refractivity contribution in [3.05, 3.63) is 0 Å². The van der Waals surface area contributed by atoms with Gasteiger partial charge in [-0.3, -0.25) is 0 Å². The van der Waals surface area contributed by atoms with Gasteiger partial charge in [0.25, 0.3) is 0 Å². The topological polar surface area (TPSA) is 21.3 Å². The highest BCUT2D eigenvalue weighted by Gasteiger charge is 2.29. The van der Waals surface area contributed by atoms with E-state index >= 15 is 0 Å². The Bertz CT molecular complexity index is 169. The molecule has 1 unspecified atom stereocenters. The Kier molecular flexibility index (Phi) is 3.45. The van der Waals surface area contributed by atoms with E-state index in [0.29, 0.717) is 5.54 Å². The number of hydrogen-bond acceptors (Lipinski definition) is 2. The molecule has 0 spiro atoms. The Labute approximate surface area is 87.4 Å². The van der Waals surface area contributed by atoms with Crippen LogP contribution in [0.25, 0.3) is 0 Å². The lowest BCUT2D eigenvalue weighted by atomic mass is 9.80. The Morgan fingerprint density at radius 2 is 2.07 bits per heavy atom. The zero-order chi connectivity index (χ0) is 9.86. The number of hydrogen-bond donors (Lipinski definition) is 1. The summed E-state index contributed by atoms with van der Waals surface area (Å²) in [5, 5.41) is 3.70. The van der Waals surface area contributed by atoms with E-state index in [0.717, 1.165) is 19.1 Å². The van der Waals surface area contributed by atoms with Crippen LogP contribution in [0.1, 0.15) is 45.4 Å². The van der Waals surface area contributed by atoms with Gasteiger partial charge in [0.05, 0.1) is 0 Å². The van der Waals surface area contributed by atoms with Crippen molar-refractivity contribution in [1.82, 2.24) is 5.32 Å². The molecule has 0 bridgehead atoms. The van der Waals surface area contributed by atoms with Gasteiger partial charge in [-0.1, -0.05) is 6.42 Å². The summed E-state index contributed by atoms with van der Waals surface area (Å²) in [7, 11) is 0. The molecule has 2 fully saturated rings. The van der Waals surface area contributed by atoms with Crippen molar-refractivity contribution in [3.63, 3.8) is 0 Å². The van der Waals surface area contributed by atoms with Gasteiger partial charge >= 0.3 is 0 Å². The minimum atomic E-state index is 0.431. The molecule has 2 heterocycles. The summed E-state index contributed by atoms with van der Waals surface area (Å²) >= 11 is 0. The summed E-state index contributed by atoms with van der Waals surface area (Å²) in [6, 6.07) is 0. The second-order valence-corrected chi connectivity index (χ2v) is 5.20. The van der Waals surface area contributed by atoms with E-state index in [9.17, 15) is 0 Å². The van der Waals surface area contributed by atoms with Gasteiger partial charge in [0, 0.05) is 18.8 Å². The largest absolute Gasteiger partial charge is 0.381 e. The summed E-state index contributed by atoms with van der Waals surface area (Å²) in [5.74, 6) is 0.902. The first-order valence-corrected chi connectivity index (χ1v) is 6.11. The normalized spacial score (nSPS) is 35.8. The van der Waals surface area contributed by atoms with Crippen molar-refractivity contribution in [3.8, 4) is 0 Å². The van der Waals surface area contributed by atoms with E-state index < -0.39 is 0 Å². The standard InChI is InChI=1S/C12H23NO/c1-12(6-2-3-7-13-12)10-11-4-8-14-9-5-11/h11,13H,2-10H2,1H3. The molecule has 2 aliphatic rings. The third kappa shape index (κ3) is 2.71. The maximum Gasteiger partial charge on any atom is 0.0468 e. The van der Waals surface area contributed by atoms with E-state index in [4.69, 9.17) is 4.74 Å². The lowest BCUT2D eigenvalue weighted by Gasteiger charge is -2.38. The van der Waals surface area contributed by atoms with E-state index in [1.807, 2.05) is 0 Å². The van der Waals surface area contributed by atoms with Crippen LogP contribution in [0, 0.1) is 5.92 Å². The Balaban J connectivity index is 1.81. The second-order valence-electron chi connectivity index (χ2n) is 5.20. The first-order valence-electron chi connectivity index (χ1n) is 6.11. The third-order valence-corrected chi connectivity index (χ3v) is 3.79. The van der Waals surface area contributed by atoms with Crippen LogP contribution < -0.4 is 5.32 Å². The molecule has 0 aromatic heterocycles. The van der Waals surface area contributed by atoms with Crippen molar-refractivity contribution in [2.75, 3.05) is 19.8 Å². The van der Waals surface area contributed by atoms with Crippen molar-refractivity contribution >= 4 is 0 Å². The summed E-state index contributed by atoms with van der Waals surface area (Å²) in [4.78, 5) is 0. The van der Waals surface area contributed by atoms with Crippen LogP contribution in [0.2, 0.25) is 0 Å². The summed E-state index contributed by atoms with van der Waals surface area (Å²) in [6.07, 6.45) is 8.05. The van der Waals surface area contributed by atoms with Gasteiger partial charge in [0.1, 0.15) is 0 Å². The molecule has 0 radical (unpaired) electrons. The molecule has 1 atom stereocenters. The second kappa shape index (κ2) is 4.63. The fourth-order valence-electron chi connectivity index (χ4n) is 2.88. The predicted molar refractivity (Wildman–Crippen MR) is 58.4 cm³/mol. The molecule has 2 nitrogen and oxygen atoms in total. The maximum absolute atomic E-state index is 5.40. The highest BCUT2D eigenvalue weighted by Crippen LogP contribution is 2.30. The Hall–Kier alpha value is -0.0800. The van der Waals surface area contributed by atoms with Gasteiger partial charge in [-0.05, 0) is 51.5 Å². The first kappa shape index (κ1) is 10.4. The quantitative estimate of drug-likeness (QED) is 0.733. The van der Waals surface area contributed by atoms with Crippen LogP contribution in [0.4, 0.5) is 0 Å². The average Bonchev–Trinajstić information content (AvgIpc) is 2.19. The van der Waals surface area contributed by atoms with E-state index in [1.54, 1.807) is 0 Å². The fraction of sp³-hybridized carbons (Fsp3) is 1.00. The fourth-order valence-corrected chi connectivity index (χ4v) is 2.88. The summed E-state index contributed by atoms with van der Waals surface area (Å²) in [6.45, 7) is 5.60. The Morgan fingerprint density at radius 3 is 2.71 bits per heavy atom. The molecule has 2 heteroatoms.